The molecule has 2 aliphatic heterocycles. The highest BCUT2D eigenvalue weighted by molar-refractivity contribution is 6.30. The zero-order valence-corrected chi connectivity index (χ0v) is 15.6. The number of hydrogen-bond acceptors (Lipinski definition) is 4. The molecule has 1 aromatic rings. The van der Waals surface area contributed by atoms with Crippen LogP contribution in [0.3, 0.4) is 0 Å². The smallest absolute Gasteiger partial charge is 0.310 e. The number of amides is 1. The molecule has 0 N–H and O–H groups in total. The average molecular weight is 375 g/mol. The van der Waals surface area contributed by atoms with Gasteiger partial charge in [0, 0.05) is 42.8 Å². The highest BCUT2D eigenvalue weighted by Gasteiger charge is 2.64. The van der Waals surface area contributed by atoms with Crippen molar-refractivity contribution in [3.63, 3.8) is 0 Å². The third-order valence-electron chi connectivity index (χ3n) is 6.87. The van der Waals surface area contributed by atoms with E-state index in [2.05, 4.69) is 11.8 Å². The number of ether oxygens (including phenoxy) is 1. The number of carbonyl (C=O) groups excluding carboxylic acids is 2. The maximum atomic E-state index is 13.2. The van der Waals surface area contributed by atoms with Crippen LogP contribution in [0.25, 0.3) is 0 Å². The van der Waals surface area contributed by atoms with Gasteiger partial charge in [0.05, 0.1) is 11.8 Å². The maximum absolute atomic E-state index is 13.2. The lowest BCUT2D eigenvalue weighted by Gasteiger charge is -2.39. The molecule has 1 aromatic carbocycles. The van der Waals surface area contributed by atoms with E-state index in [1.165, 1.54) is 5.56 Å². The number of aryl methyl sites for hydroxylation is 1. The van der Waals surface area contributed by atoms with Crippen LogP contribution < -0.4 is 4.90 Å². The Hall–Kier alpha value is -1.75. The van der Waals surface area contributed by atoms with E-state index in [0.29, 0.717) is 19.0 Å². The van der Waals surface area contributed by atoms with Crippen molar-refractivity contribution in [1.82, 2.24) is 4.90 Å². The largest absolute Gasteiger partial charge is 0.462 e. The van der Waals surface area contributed by atoms with E-state index >= 15 is 0 Å². The van der Waals surface area contributed by atoms with Crippen molar-refractivity contribution in [2.24, 2.45) is 23.7 Å². The van der Waals surface area contributed by atoms with Gasteiger partial charge >= 0.3 is 5.97 Å². The zero-order valence-electron chi connectivity index (χ0n) is 14.9. The van der Waals surface area contributed by atoms with E-state index in [4.69, 9.17) is 16.3 Å². The van der Waals surface area contributed by atoms with E-state index in [-0.39, 0.29) is 35.7 Å². The molecule has 1 amide bonds. The minimum atomic E-state index is -0.181. The van der Waals surface area contributed by atoms with Gasteiger partial charge in [0.2, 0.25) is 5.91 Å². The number of hydrogen-bond donors (Lipinski definition) is 0. The van der Waals surface area contributed by atoms with Crippen LogP contribution in [0.15, 0.2) is 18.2 Å². The number of fused-ring (bicyclic) bond motifs is 1. The fraction of sp³-hybridized carbons (Fsp3) is 0.600. The molecule has 0 spiro atoms. The molecule has 4 aliphatic rings. The van der Waals surface area contributed by atoms with Gasteiger partial charge < -0.3 is 14.5 Å². The average Bonchev–Trinajstić information content (AvgIpc) is 3.26. The molecule has 0 aromatic heterocycles. The van der Waals surface area contributed by atoms with Crippen LogP contribution in [-0.2, 0) is 14.3 Å². The highest BCUT2D eigenvalue weighted by atomic mass is 35.5. The Labute approximate surface area is 158 Å². The molecule has 138 valence electrons. The Balaban J connectivity index is 1.28. The Morgan fingerprint density at radius 3 is 2.73 bits per heavy atom. The second-order valence-corrected chi connectivity index (χ2v) is 8.60. The molecular formula is C20H23ClN2O3. The summed E-state index contributed by atoms with van der Waals surface area (Å²) in [5.41, 5.74) is 2.34. The van der Waals surface area contributed by atoms with E-state index in [9.17, 15) is 9.59 Å². The second kappa shape index (κ2) is 5.88. The monoisotopic (exact) mass is 374 g/mol. The Morgan fingerprint density at radius 2 is 1.96 bits per heavy atom. The molecule has 2 aliphatic carbocycles. The van der Waals surface area contributed by atoms with E-state index in [1.54, 1.807) is 0 Å². The van der Waals surface area contributed by atoms with Gasteiger partial charge in [-0.25, -0.2) is 0 Å². The minimum Gasteiger partial charge on any atom is -0.462 e. The first kappa shape index (κ1) is 16.4. The Kier molecular flexibility index (Phi) is 3.71. The van der Waals surface area contributed by atoms with Crippen LogP contribution in [0, 0.1) is 30.6 Å². The topological polar surface area (TPSA) is 49.9 Å². The first-order valence-electron chi connectivity index (χ1n) is 9.53. The van der Waals surface area contributed by atoms with E-state index in [1.807, 2.05) is 23.1 Å². The first-order valence-corrected chi connectivity index (χ1v) is 9.91. The van der Waals surface area contributed by atoms with Crippen molar-refractivity contribution in [3.05, 3.63) is 28.8 Å². The summed E-state index contributed by atoms with van der Waals surface area (Å²) < 4.78 is 5.48. The summed E-state index contributed by atoms with van der Waals surface area (Å²) in [5, 5.41) is 0.736. The van der Waals surface area contributed by atoms with Crippen LogP contribution in [0.5, 0.6) is 0 Å². The molecule has 5 rings (SSSR count). The highest BCUT2D eigenvalue weighted by Crippen LogP contribution is 2.58. The number of carbonyl (C=O) groups is 2. The summed E-state index contributed by atoms with van der Waals surface area (Å²) in [7, 11) is 0. The standard InChI is InChI=1S/C20H23ClN2O3/c1-11-2-3-13(21)10-15(11)22-4-6-23(7-5-22)19(24)17-12-8-14-16(9-12)26-20(25)18(14)17/h2-3,10,12,14,16-18H,4-9H2,1H3. The number of benzene rings is 1. The van der Waals surface area contributed by atoms with Gasteiger partial charge in [-0.2, -0.15) is 0 Å². The van der Waals surface area contributed by atoms with E-state index in [0.717, 1.165) is 36.6 Å². The molecule has 26 heavy (non-hydrogen) atoms. The predicted molar refractivity (Wildman–Crippen MR) is 98.1 cm³/mol. The van der Waals surface area contributed by atoms with Crippen LogP contribution in [-0.4, -0.2) is 49.1 Å². The Morgan fingerprint density at radius 1 is 1.19 bits per heavy atom. The summed E-state index contributed by atoms with van der Waals surface area (Å²) in [6, 6.07) is 5.94. The zero-order chi connectivity index (χ0) is 18.0. The fourth-order valence-corrected chi connectivity index (χ4v) is 5.81. The second-order valence-electron chi connectivity index (χ2n) is 8.17. The minimum absolute atomic E-state index is 0.0872. The molecular weight excluding hydrogens is 352 g/mol. The molecule has 2 saturated carbocycles. The van der Waals surface area contributed by atoms with E-state index < -0.39 is 0 Å². The molecule has 5 nitrogen and oxygen atoms in total. The Bertz CT molecular complexity index is 772. The van der Waals surface area contributed by atoms with Gasteiger partial charge in [-0.05, 0) is 43.4 Å². The third-order valence-corrected chi connectivity index (χ3v) is 7.11. The van der Waals surface area contributed by atoms with Gasteiger partial charge in [0.15, 0.2) is 0 Å². The number of anilines is 1. The number of nitrogens with zero attached hydrogens (tertiary/aromatic N) is 2. The summed E-state index contributed by atoms with van der Waals surface area (Å²) >= 11 is 6.15. The SMILES string of the molecule is Cc1ccc(Cl)cc1N1CCN(C(=O)C2C3CC4OC(=O)C2C4C3)CC1. The fourth-order valence-electron chi connectivity index (χ4n) is 5.64. The molecule has 5 unspecified atom stereocenters. The predicted octanol–water partition coefficient (Wildman–Crippen LogP) is 2.49. The third kappa shape index (κ3) is 2.36. The number of esters is 1. The van der Waals surface area contributed by atoms with Crippen molar-refractivity contribution < 1.29 is 14.3 Å². The van der Waals surface area contributed by atoms with Gasteiger partial charge in [-0.1, -0.05) is 17.7 Å². The van der Waals surface area contributed by atoms with Crippen LogP contribution in [0.2, 0.25) is 5.02 Å². The normalized spacial score (nSPS) is 35.2. The summed E-state index contributed by atoms with van der Waals surface area (Å²) in [6.07, 6.45) is 1.95. The number of halogens is 1. The van der Waals surface area contributed by atoms with Gasteiger partial charge in [0.1, 0.15) is 6.10 Å². The quantitative estimate of drug-likeness (QED) is 0.746. The van der Waals surface area contributed by atoms with Gasteiger partial charge in [0.25, 0.3) is 0 Å². The lowest BCUT2D eigenvalue weighted by molar-refractivity contribution is -0.148. The van der Waals surface area contributed by atoms with Crippen molar-refractivity contribution in [2.75, 3.05) is 31.1 Å². The molecule has 6 heteroatoms. The van der Waals surface area contributed by atoms with Crippen molar-refractivity contribution in [2.45, 2.75) is 25.9 Å². The number of piperazine rings is 1. The summed E-state index contributed by atoms with van der Waals surface area (Å²) in [4.78, 5) is 29.6. The molecule has 2 saturated heterocycles. The van der Waals surface area contributed by atoms with Crippen LogP contribution >= 0.6 is 11.6 Å². The van der Waals surface area contributed by atoms with Crippen molar-refractivity contribution >= 4 is 29.2 Å². The van der Waals surface area contributed by atoms with Crippen LogP contribution in [0.1, 0.15) is 18.4 Å². The van der Waals surface area contributed by atoms with Crippen LogP contribution in [0.4, 0.5) is 5.69 Å². The number of rotatable bonds is 2. The van der Waals surface area contributed by atoms with Gasteiger partial charge in [-0.15, -0.1) is 0 Å². The molecule has 2 bridgehead atoms. The van der Waals surface area contributed by atoms with Gasteiger partial charge in [-0.3, -0.25) is 9.59 Å². The molecule has 0 radical (unpaired) electrons. The lowest BCUT2D eigenvalue weighted by Crippen LogP contribution is -2.52. The first-order chi connectivity index (χ1) is 12.5. The molecule has 5 atom stereocenters. The van der Waals surface area contributed by atoms with Crippen molar-refractivity contribution in [3.8, 4) is 0 Å². The molecule has 4 fully saturated rings. The summed E-state index contributed by atoms with van der Waals surface area (Å²) in [5.74, 6) is 0.331. The summed E-state index contributed by atoms with van der Waals surface area (Å²) in [6.45, 7) is 5.07. The molecule has 2 heterocycles. The maximum Gasteiger partial charge on any atom is 0.310 e. The lowest BCUT2D eigenvalue weighted by atomic mass is 9.79. The van der Waals surface area contributed by atoms with Crippen molar-refractivity contribution in [1.29, 1.82) is 0 Å².